The van der Waals surface area contributed by atoms with Crippen molar-refractivity contribution < 1.29 is 19.1 Å². The molecule has 1 aliphatic carbocycles. The molecule has 1 aromatic carbocycles. The Morgan fingerprint density at radius 3 is 2.23 bits per heavy atom. The van der Waals surface area contributed by atoms with Gasteiger partial charge >= 0.3 is 11.9 Å². The van der Waals surface area contributed by atoms with E-state index < -0.39 is 6.04 Å². The number of carbonyl (C=O) groups excluding carboxylic acids is 2. The number of hydrogen-bond acceptors (Lipinski definition) is 7. The van der Waals surface area contributed by atoms with Crippen LogP contribution in [0.5, 0.6) is 0 Å². The van der Waals surface area contributed by atoms with Crippen LogP contribution < -0.4 is 0 Å². The Kier molecular flexibility index (Phi) is 10.8. The molecule has 1 aliphatic heterocycles. The summed E-state index contributed by atoms with van der Waals surface area (Å²) in [4.78, 5) is 28.9. The van der Waals surface area contributed by atoms with Crippen LogP contribution in [-0.2, 0) is 29.9 Å². The van der Waals surface area contributed by atoms with Gasteiger partial charge in [-0.2, -0.15) is 0 Å². The van der Waals surface area contributed by atoms with Gasteiger partial charge in [0, 0.05) is 32.6 Å². The molecule has 0 spiro atoms. The molecular formula is C32H48N2O4S. The number of piperazine rings is 1. The van der Waals surface area contributed by atoms with Crippen LogP contribution in [0, 0.1) is 0 Å². The molecule has 1 heterocycles. The van der Waals surface area contributed by atoms with Gasteiger partial charge in [0.05, 0.1) is 18.2 Å². The molecule has 0 bridgehead atoms. The number of carbonyl (C=O) groups is 2. The fourth-order valence-electron chi connectivity index (χ4n) is 5.59. The van der Waals surface area contributed by atoms with Gasteiger partial charge in [-0.25, -0.2) is 0 Å². The minimum Gasteiger partial charge on any atom is -0.466 e. The van der Waals surface area contributed by atoms with Crippen molar-refractivity contribution in [2.24, 2.45) is 0 Å². The molecule has 0 aromatic heterocycles. The van der Waals surface area contributed by atoms with Gasteiger partial charge < -0.3 is 14.4 Å². The van der Waals surface area contributed by atoms with E-state index in [4.69, 9.17) is 9.47 Å². The quantitative estimate of drug-likeness (QED) is 0.289. The standard InChI is InChI=1S/C32H48N2O4S/c1-9-37-29(35)14-13-28(30(36)38-10-2)34-19-17-33(18-20-34)24(4)39-22-23(3)25-11-12-26-27(21-25)32(7,8)16-15-31(26,5)6/h11-12,21-22,28H,4,9-10,13-20H2,1-3,5-8H3/b23-22+. The zero-order valence-electron chi connectivity index (χ0n) is 25.1. The molecular weight excluding hydrogens is 508 g/mol. The van der Waals surface area contributed by atoms with Gasteiger partial charge in [0.2, 0.25) is 0 Å². The molecule has 0 radical (unpaired) electrons. The molecule has 3 rings (SSSR count). The Labute approximate surface area is 240 Å². The summed E-state index contributed by atoms with van der Waals surface area (Å²) in [6, 6.07) is 6.57. The zero-order chi connectivity index (χ0) is 28.8. The normalized spacial score (nSPS) is 19.7. The summed E-state index contributed by atoms with van der Waals surface area (Å²) in [6.45, 7) is 23.2. The lowest BCUT2D eigenvalue weighted by atomic mass is 9.63. The van der Waals surface area contributed by atoms with Crippen LogP contribution >= 0.6 is 11.8 Å². The maximum atomic E-state index is 12.6. The fourth-order valence-corrected chi connectivity index (χ4v) is 6.37. The first-order valence-electron chi connectivity index (χ1n) is 14.4. The van der Waals surface area contributed by atoms with Crippen LogP contribution in [0.25, 0.3) is 5.57 Å². The number of allylic oxidation sites excluding steroid dienone is 1. The lowest BCUT2D eigenvalue weighted by Gasteiger charge is -2.42. The number of thioether (sulfide) groups is 1. The van der Waals surface area contributed by atoms with Gasteiger partial charge in [-0.3, -0.25) is 14.5 Å². The molecule has 1 unspecified atom stereocenters. The summed E-state index contributed by atoms with van der Waals surface area (Å²) < 4.78 is 10.4. The molecule has 0 N–H and O–H groups in total. The van der Waals surface area contributed by atoms with Crippen molar-refractivity contribution in [2.45, 2.75) is 91.0 Å². The summed E-state index contributed by atoms with van der Waals surface area (Å²) >= 11 is 1.66. The summed E-state index contributed by atoms with van der Waals surface area (Å²) in [5.74, 6) is -0.540. The van der Waals surface area contributed by atoms with Crippen molar-refractivity contribution in [3.8, 4) is 0 Å². The summed E-state index contributed by atoms with van der Waals surface area (Å²) in [5.41, 5.74) is 5.87. The van der Waals surface area contributed by atoms with Crippen LogP contribution in [0.2, 0.25) is 0 Å². The van der Waals surface area contributed by atoms with Crippen molar-refractivity contribution in [2.75, 3.05) is 39.4 Å². The Morgan fingerprint density at radius 1 is 1.00 bits per heavy atom. The molecule has 2 aliphatic rings. The average Bonchev–Trinajstić information content (AvgIpc) is 2.90. The first kappa shape index (κ1) is 31.3. The molecule has 216 valence electrons. The van der Waals surface area contributed by atoms with Gasteiger partial charge in [-0.05, 0) is 78.5 Å². The second kappa shape index (κ2) is 13.4. The third kappa shape index (κ3) is 7.91. The molecule has 0 amide bonds. The van der Waals surface area contributed by atoms with Gasteiger partial charge in [-0.1, -0.05) is 64.2 Å². The summed E-state index contributed by atoms with van der Waals surface area (Å²) in [6.07, 6.45) is 3.04. The molecule has 0 saturated carbocycles. The van der Waals surface area contributed by atoms with E-state index in [1.54, 1.807) is 25.6 Å². The van der Waals surface area contributed by atoms with Crippen molar-refractivity contribution >= 4 is 29.3 Å². The van der Waals surface area contributed by atoms with Crippen molar-refractivity contribution in [1.29, 1.82) is 0 Å². The monoisotopic (exact) mass is 556 g/mol. The third-order valence-electron chi connectivity index (χ3n) is 8.27. The number of benzene rings is 1. The highest BCUT2D eigenvalue weighted by Crippen LogP contribution is 2.46. The van der Waals surface area contributed by atoms with E-state index in [0.29, 0.717) is 32.7 Å². The average molecular weight is 557 g/mol. The number of ether oxygens (including phenoxy) is 2. The number of fused-ring (bicyclic) bond motifs is 1. The Morgan fingerprint density at radius 2 is 1.62 bits per heavy atom. The molecule has 7 heteroatoms. The van der Waals surface area contributed by atoms with Gasteiger partial charge in [0.1, 0.15) is 6.04 Å². The maximum absolute atomic E-state index is 12.6. The fraction of sp³-hybridized carbons (Fsp3) is 0.625. The first-order chi connectivity index (χ1) is 18.4. The second-order valence-corrected chi connectivity index (χ2v) is 12.9. The number of esters is 2. The zero-order valence-corrected chi connectivity index (χ0v) is 25.9. The van der Waals surface area contributed by atoms with Crippen LogP contribution in [0.4, 0.5) is 0 Å². The predicted molar refractivity (Wildman–Crippen MR) is 162 cm³/mol. The third-order valence-corrected chi connectivity index (χ3v) is 9.28. The molecule has 1 atom stereocenters. The smallest absolute Gasteiger partial charge is 0.323 e. The minimum atomic E-state index is -0.433. The number of rotatable bonds is 11. The number of nitrogens with zero attached hydrogens (tertiary/aromatic N) is 2. The van der Waals surface area contributed by atoms with E-state index in [9.17, 15) is 9.59 Å². The van der Waals surface area contributed by atoms with E-state index >= 15 is 0 Å². The highest BCUT2D eigenvalue weighted by molar-refractivity contribution is 8.05. The summed E-state index contributed by atoms with van der Waals surface area (Å²) in [7, 11) is 0. The van der Waals surface area contributed by atoms with Crippen LogP contribution in [0.3, 0.4) is 0 Å². The molecule has 6 nitrogen and oxygen atoms in total. The number of hydrogen-bond donors (Lipinski definition) is 0. The molecule has 39 heavy (non-hydrogen) atoms. The lowest BCUT2D eigenvalue weighted by molar-refractivity contribution is -0.151. The molecule has 1 fully saturated rings. The predicted octanol–water partition coefficient (Wildman–Crippen LogP) is 6.49. The largest absolute Gasteiger partial charge is 0.466 e. The topological polar surface area (TPSA) is 59.1 Å². The summed E-state index contributed by atoms with van der Waals surface area (Å²) in [5, 5.41) is 3.21. The highest BCUT2D eigenvalue weighted by Gasteiger charge is 2.37. The van der Waals surface area contributed by atoms with Crippen molar-refractivity contribution in [3.63, 3.8) is 0 Å². The van der Waals surface area contributed by atoms with E-state index in [1.165, 1.54) is 35.1 Å². The molecule has 1 saturated heterocycles. The van der Waals surface area contributed by atoms with Gasteiger partial charge in [0.25, 0.3) is 0 Å². The van der Waals surface area contributed by atoms with E-state index in [0.717, 1.165) is 18.1 Å². The van der Waals surface area contributed by atoms with E-state index in [-0.39, 0.29) is 29.2 Å². The Balaban J connectivity index is 1.60. The van der Waals surface area contributed by atoms with Crippen LogP contribution in [-0.4, -0.2) is 67.2 Å². The van der Waals surface area contributed by atoms with Crippen LogP contribution in [0.1, 0.15) is 90.8 Å². The van der Waals surface area contributed by atoms with Gasteiger partial charge in [0.15, 0.2) is 0 Å². The van der Waals surface area contributed by atoms with Crippen LogP contribution in [0.15, 0.2) is 35.2 Å². The lowest BCUT2D eigenvalue weighted by Crippen LogP contribution is -2.52. The maximum Gasteiger partial charge on any atom is 0.323 e. The highest BCUT2D eigenvalue weighted by atomic mass is 32.2. The van der Waals surface area contributed by atoms with E-state index in [2.05, 4.69) is 74.6 Å². The minimum absolute atomic E-state index is 0.190. The first-order valence-corrected chi connectivity index (χ1v) is 15.3. The SMILES string of the molecule is C=C(S/C=C(\C)c1ccc2c(c1)C(C)(C)CCC2(C)C)N1CCN(C(CCC(=O)OCC)C(=O)OCC)CC1. The molecule has 1 aromatic rings. The van der Waals surface area contributed by atoms with E-state index in [1.807, 2.05) is 0 Å². The van der Waals surface area contributed by atoms with Crippen molar-refractivity contribution in [1.82, 2.24) is 9.80 Å². The van der Waals surface area contributed by atoms with Crippen molar-refractivity contribution in [3.05, 3.63) is 51.9 Å². The Hall–Kier alpha value is -2.25. The van der Waals surface area contributed by atoms with Gasteiger partial charge in [-0.15, -0.1) is 0 Å². The Bertz CT molecular complexity index is 1070. The second-order valence-electron chi connectivity index (χ2n) is 12.0.